The van der Waals surface area contributed by atoms with Gasteiger partial charge >= 0.3 is 0 Å². The molecular formula is C18H24BrN3O3. The Balaban J connectivity index is 2.02. The Morgan fingerprint density at radius 1 is 1.28 bits per heavy atom. The van der Waals surface area contributed by atoms with Crippen LogP contribution in [0.1, 0.15) is 38.1 Å². The number of aryl methyl sites for hydroxylation is 1. The summed E-state index contributed by atoms with van der Waals surface area (Å²) in [6.45, 7) is 9.11. The van der Waals surface area contributed by atoms with Gasteiger partial charge in [-0.3, -0.25) is 9.48 Å². The first-order chi connectivity index (χ1) is 12.0. The molecule has 7 heteroatoms. The molecule has 1 heterocycles. The van der Waals surface area contributed by atoms with Gasteiger partial charge in [-0.25, -0.2) is 0 Å². The van der Waals surface area contributed by atoms with Gasteiger partial charge in [0.1, 0.15) is 6.04 Å². The predicted octanol–water partition coefficient (Wildman–Crippen LogP) is 3.63. The molecule has 136 valence electrons. The van der Waals surface area contributed by atoms with Gasteiger partial charge in [-0.05, 0) is 61.3 Å². The third-order valence-corrected chi connectivity index (χ3v) is 4.49. The molecule has 1 N–H and O–H groups in total. The van der Waals surface area contributed by atoms with Gasteiger partial charge in [-0.1, -0.05) is 6.07 Å². The van der Waals surface area contributed by atoms with Crippen LogP contribution in [0.3, 0.4) is 0 Å². The Bertz CT molecular complexity index is 711. The molecule has 0 aliphatic rings. The molecule has 1 atom stereocenters. The number of benzene rings is 1. The van der Waals surface area contributed by atoms with E-state index in [1.807, 2.05) is 52.1 Å². The average Bonchev–Trinajstić information content (AvgIpc) is 2.93. The number of hydrogen-bond acceptors (Lipinski definition) is 4. The predicted molar refractivity (Wildman–Crippen MR) is 100 cm³/mol. The smallest absolute Gasteiger partial charge is 0.244 e. The molecule has 0 spiro atoms. The van der Waals surface area contributed by atoms with Gasteiger partial charge in [-0.2, -0.15) is 5.10 Å². The maximum atomic E-state index is 12.4. The molecule has 0 radical (unpaired) electrons. The third-order valence-electron chi connectivity index (χ3n) is 3.71. The number of carbonyl (C=O) groups excluding carboxylic acids is 1. The van der Waals surface area contributed by atoms with E-state index in [4.69, 9.17) is 9.47 Å². The highest BCUT2D eigenvalue weighted by atomic mass is 79.9. The van der Waals surface area contributed by atoms with Crippen molar-refractivity contribution in [2.45, 2.75) is 40.3 Å². The molecule has 2 aromatic rings. The van der Waals surface area contributed by atoms with Crippen molar-refractivity contribution >= 4 is 21.8 Å². The number of ether oxygens (including phenoxy) is 2. The summed E-state index contributed by atoms with van der Waals surface area (Å²) in [5.74, 6) is 1.31. The number of nitrogens with one attached hydrogen (secondary N) is 1. The van der Waals surface area contributed by atoms with Crippen LogP contribution in [0.15, 0.2) is 28.9 Å². The lowest BCUT2D eigenvalue weighted by Gasteiger charge is -2.15. The summed E-state index contributed by atoms with van der Waals surface area (Å²) in [6, 6.07) is 5.30. The lowest BCUT2D eigenvalue weighted by atomic mass is 10.2. The van der Waals surface area contributed by atoms with Crippen LogP contribution in [0.4, 0.5) is 0 Å². The number of nitrogens with zero attached hydrogens (tertiary/aromatic N) is 2. The normalized spacial score (nSPS) is 11.9. The highest BCUT2D eigenvalue weighted by Crippen LogP contribution is 2.28. The van der Waals surface area contributed by atoms with Gasteiger partial charge in [-0.15, -0.1) is 0 Å². The summed E-state index contributed by atoms with van der Waals surface area (Å²) in [6.07, 6.45) is 1.81. The second-order valence-corrected chi connectivity index (χ2v) is 6.44. The lowest BCUT2D eigenvalue weighted by molar-refractivity contribution is -0.124. The summed E-state index contributed by atoms with van der Waals surface area (Å²) in [5.41, 5.74) is 1.80. The van der Waals surface area contributed by atoms with Crippen molar-refractivity contribution in [3.05, 3.63) is 40.1 Å². The highest BCUT2D eigenvalue weighted by Gasteiger charge is 2.17. The summed E-state index contributed by atoms with van der Waals surface area (Å²) < 4.78 is 13.7. The minimum absolute atomic E-state index is 0.0955. The number of rotatable bonds is 8. The molecule has 25 heavy (non-hydrogen) atoms. The van der Waals surface area contributed by atoms with Gasteiger partial charge in [0.05, 0.1) is 23.4 Å². The van der Waals surface area contributed by atoms with Gasteiger partial charge in [0.25, 0.3) is 0 Å². The van der Waals surface area contributed by atoms with Crippen LogP contribution in [-0.4, -0.2) is 28.9 Å². The van der Waals surface area contributed by atoms with Crippen molar-refractivity contribution in [1.82, 2.24) is 15.1 Å². The Labute approximate surface area is 156 Å². The number of halogens is 1. The standard InChI is InChI=1S/C18H24BrN3O3/c1-5-24-16-8-7-14(9-17(16)25-6-2)10-20-18(23)13(4)22-11-15(19)12(3)21-22/h7-9,11,13H,5-6,10H2,1-4H3,(H,20,23). The maximum Gasteiger partial charge on any atom is 0.244 e. The fraction of sp³-hybridized carbons (Fsp3) is 0.444. The van der Waals surface area contributed by atoms with E-state index < -0.39 is 0 Å². The number of aromatic nitrogens is 2. The first kappa shape index (κ1) is 19.3. The Morgan fingerprint density at radius 3 is 2.56 bits per heavy atom. The van der Waals surface area contributed by atoms with E-state index in [2.05, 4.69) is 26.3 Å². The van der Waals surface area contributed by atoms with Gasteiger partial charge < -0.3 is 14.8 Å². The van der Waals surface area contributed by atoms with Crippen LogP contribution in [0.25, 0.3) is 0 Å². The molecule has 1 unspecified atom stereocenters. The first-order valence-electron chi connectivity index (χ1n) is 8.33. The van der Waals surface area contributed by atoms with E-state index in [-0.39, 0.29) is 11.9 Å². The van der Waals surface area contributed by atoms with E-state index >= 15 is 0 Å². The zero-order chi connectivity index (χ0) is 18.4. The van der Waals surface area contributed by atoms with Crippen LogP contribution >= 0.6 is 15.9 Å². The highest BCUT2D eigenvalue weighted by molar-refractivity contribution is 9.10. The van der Waals surface area contributed by atoms with Crippen molar-refractivity contribution in [3.8, 4) is 11.5 Å². The monoisotopic (exact) mass is 409 g/mol. The average molecular weight is 410 g/mol. The van der Waals surface area contributed by atoms with E-state index in [1.165, 1.54) is 0 Å². The van der Waals surface area contributed by atoms with Crippen LogP contribution in [0.2, 0.25) is 0 Å². The molecule has 0 saturated carbocycles. The zero-order valence-electron chi connectivity index (χ0n) is 15.0. The second-order valence-electron chi connectivity index (χ2n) is 5.58. The molecule has 1 amide bonds. The van der Waals surface area contributed by atoms with Gasteiger partial charge in [0, 0.05) is 12.7 Å². The fourth-order valence-corrected chi connectivity index (χ4v) is 2.61. The molecule has 2 rings (SSSR count). The summed E-state index contributed by atoms with van der Waals surface area (Å²) >= 11 is 3.41. The van der Waals surface area contributed by atoms with Crippen LogP contribution in [0, 0.1) is 6.92 Å². The Morgan fingerprint density at radius 2 is 1.96 bits per heavy atom. The molecule has 1 aromatic carbocycles. The summed E-state index contributed by atoms with van der Waals surface area (Å²) in [7, 11) is 0. The second kappa shape index (κ2) is 8.89. The molecule has 0 bridgehead atoms. The van der Waals surface area contributed by atoms with Gasteiger partial charge in [0.15, 0.2) is 11.5 Å². The molecule has 1 aromatic heterocycles. The molecule has 6 nitrogen and oxygen atoms in total. The Hall–Kier alpha value is -2.02. The van der Waals surface area contributed by atoms with Crippen molar-refractivity contribution in [1.29, 1.82) is 0 Å². The topological polar surface area (TPSA) is 65.4 Å². The first-order valence-corrected chi connectivity index (χ1v) is 9.13. The van der Waals surface area contributed by atoms with Crippen LogP contribution in [0.5, 0.6) is 11.5 Å². The van der Waals surface area contributed by atoms with Crippen molar-refractivity contribution in [2.75, 3.05) is 13.2 Å². The zero-order valence-corrected chi connectivity index (χ0v) is 16.6. The van der Waals surface area contributed by atoms with Crippen molar-refractivity contribution in [2.24, 2.45) is 0 Å². The largest absolute Gasteiger partial charge is 0.490 e. The maximum absolute atomic E-state index is 12.4. The molecule has 0 aliphatic carbocycles. The van der Waals surface area contributed by atoms with E-state index in [0.717, 1.165) is 15.7 Å². The quantitative estimate of drug-likeness (QED) is 0.722. The SMILES string of the molecule is CCOc1ccc(CNC(=O)C(C)n2cc(Br)c(C)n2)cc1OCC. The van der Waals surface area contributed by atoms with Crippen molar-refractivity contribution < 1.29 is 14.3 Å². The van der Waals surface area contributed by atoms with E-state index in [0.29, 0.717) is 31.3 Å². The van der Waals surface area contributed by atoms with Crippen molar-refractivity contribution in [3.63, 3.8) is 0 Å². The molecule has 0 saturated heterocycles. The minimum atomic E-state index is -0.390. The minimum Gasteiger partial charge on any atom is -0.490 e. The van der Waals surface area contributed by atoms with E-state index in [1.54, 1.807) is 4.68 Å². The number of carbonyl (C=O) groups is 1. The fourth-order valence-electron chi connectivity index (χ4n) is 2.32. The third kappa shape index (κ3) is 4.98. The van der Waals surface area contributed by atoms with Gasteiger partial charge in [0.2, 0.25) is 5.91 Å². The summed E-state index contributed by atoms with van der Waals surface area (Å²) in [4.78, 5) is 12.4. The Kier molecular flexibility index (Phi) is 6.87. The number of hydrogen-bond donors (Lipinski definition) is 1. The molecular weight excluding hydrogens is 386 g/mol. The molecule has 0 fully saturated rings. The van der Waals surface area contributed by atoms with E-state index in [9.17, 15) is 4.79 Å². The van der Waals surface area contributed by atoms with Crippen LogP contribution < -0.4 is 14.8 Å². The van der Waals surface area contributed by atoms with Crippen LogP contribution in [-0.2, 0) is 11.3 Å². The molecule has 0 aliphatic heterocycles. The lowest BCUT2D eigenvalue weighted by Crippen LogP contribution is -2.30. The summed E-state index contributed by atoms with van der Waals surface area (Å²) in [5, 5.41) is 7.26. The number of amides is 1.